The summed E-state index contributed by atoms with van der Waals surface area (Å²) in [6.07, 6.45) is 3.20. The highest BCUT2D eigenvalue weighted by atomic mass is 32.1. The van der Waals surface area contributed by atoms with Crippen LogP contribution in [0.25, 0.3) is 6.08 Å². The first kappa shape index (κ1) is 18.1. The molecule has 4 rings (SSSR count). The number of hydrogen-bond donors (Lipinski definition) is 1. The van der Waals surface area contributed by atoms with Gasteiger partial charge in [-0.3, -0.25) is 4.79 Å². The van der Waals surface area contributed by atoms with Crippen LogP contribution in [0.2, 0.25) is 0 Å². The molecule has 142 valence electrons. The molecule has 2 heterocycles. The fourth-order valence-electron chi connectivity index (χ4n) is 2.70. The number of amides is 1. The van der Waals surface area contributed by atoms with E-state index in [0.29, 0.717) is 29.5 Å². The lowest BCUT2D eigenvalue weighted by Gasteiger charge is -2.08. The van der Waals surface area contributed by atoms with E-state index in [0.717, 1.165) is 16.3 Å². The van der Waals surface area contributed by atoms with E-state index in [4.69, 9.17) is 14.2 Å². The second-order valence-corrected chi connectivity index (χ2v) is 7.14. The lowest BCUT2D eigenvalue weighted by molar-refractivity contribution is -0.111. The number of carbonyl (C=O) groups excluding carboxylic acids is 1. The minimum Gasteiger partial charge on any atom is -0.487 e. The Morgan fingerprint density at radius 3 is 2.96 bits per heavy atom. The van der Waals surface area contributed by atoms with Crippen LogP contribution < -0.4 is 19.5 Å². The molecule has 0 unspecified atom stereocenters. The molecule has 0 atom stereocenters. The summed E-state index contributed by atoms with van der Waals surface area (Å²) in [4.78, 5) is 16.7. The van der Waals surface area contributed by atoms with Crippen LogP contribution in [0.5, 0.6) is 17.2 Å². The molecular weight excluding hydrogens is 376 g/mol. The molecule has 0 aliphatic carbocycles. The number of nitrogens with one attached hydrogen (secondary N) is 1. The van der Waals surface area contributed by atoms with Gasteiger partial charge in [0.25, 0.3) is 0 Å². The lowest BCUT2D eigenvalue weighted by Crippen LogP contribution is -2.07. The Morgan fingerprint density at radius 1 is 1.25 bits per heavy atom. The Bertz CT molecular complexity index is 1030. The number of rotatable bonds is 6. The Kier molecular flexibility index (Phi) is 5.25. The van der Waals surface area contributed by atoms with Crippen LogP contribution in [0.15, 0.2) is 53.9 Å². The lowest BCUT2D eigenvalue weighted by atomic mass is 10.2. The van der Waals surface area contributed by atoms with Crippen molar-refractivity contribution in [3.8, 4) is 17.2 Å². The summed E-state index contributed by atoms with van der Waals surface area (Å²) in [5, 5.41) is 5.80. The van der Waals surface area contributed by atoms with Gasteiger partial charge in [0.15, 0.2) is 11.5 Å². The Labute approximate surface area is 166 Å². The Morgan fingerprint density at radius 2 is 2.11 bits per heavy atom. The Balaban J connectivity index is 1.40. The van der Waals surface area contributed by atoms with Gasteiger partial charge in [-0.05, 0) is 31.2 Å². The maximum absolute atomic E-state index is 12.3. The van der Waals surface area contributed by atoms with Gasteiger partial charge in [-0.1, -0.05) is 18.2 Å². The molecule has 6 nitrogen and oxygen atoms in total. The van der Waals surface area contributed by atoms with Crippen molar-refractivity contribution in [2.24, 2.45) is 0 Å². The van der Waals surface area contributed by atoms with Gasteiger partial charge < -0.3 is 19.5 Å². The van der Waals surface area contributed by atoms with Gasteiger partial charge in [-0.15, -0.1) is 11.3 Å². The van der Waals surface area contributed by atoms with E-state index < -0.39 is 0 Å². The number of anilines is 1. The molecular formula is C21H18N2O4S. The summed E-state index contributed by atoms with van der Waals surface area (Å²) in [7, 11) is 0. The minimum atomic E-state index is -0.246. The van der Waals surface area contributed by atoms with Gasteiger partial charge in [-0.2, -0.15) is 0 Å². The molecule has 1 aromatic heterocycles. The number of aryl methyl sites for hydroxylation is 1. The van der Waals surface area contributed by atoms with Crippen molar-refractivity contribution in [1.82, 2.24) is 4.98 Å². The second kappa shape index (κ2) is 8.14. The van der Waals surface area contributed by atoms with Crippen LogP contribution in [0.3, 0.4) is 0 Å². The van der Waals surface area contributed by atoms with Gasteiger partial charge in [0.2, 0.25) is 12.7 Å². The van der Waals surface area contributed by atoms with Gasteiger partial charge in [0.1, 0.15) is 12.4 Å². The van der Waals surface area contributed by atoms with Crippen molar-refractivity contribution in [2.75, 3.05) is 12.1 Å². The largest absolute Gasteiger partial charge is 0.487 e. The zero-order valence-electron chi connectivity index (χ0n) is 15.2. The molecule has 1 amide bonds. The number of benzene rings is 2. The number of para-hydroxylation sites is 1. The summed E-state index contributed by atoms with van der Waals surface area (Å²) in [6.45, 7) is 2.55. The monoisotopic (exact) mass is 394 g/mol. The van der Waals surface area contributed by atoms with Crippen molar-refractivity contribution in [2.45, 2.75) is 13.5 Å². The van der Waals surface area contributed by atoms with Crippen molar-refractivity contribution >= 4 is 29.0 Å². The fourth-order valence-corrected chi connectivity index (χ4v) is 3.30. The molecule has 2 aromatic carbocycles. The van der Waals surface area contributed by atoms with E-state index in [1.807, 2.05) is 36.6 Å². The SMILES string of the molecule is Cc1nc(COc2ccccc2/C=C/C(=O)Nc2ccc3c(c2)OCO3)cs1. The molecule has 0 saturated heterocycles. The van der Waals surface area contributed by atoms with Gasteiger partial charge in [-0.25, -0.2) is 4.98 Å². The molecule has 0 saturated carbocycles. The number of hydrogen-bond acceptors (Lipinski definition) is 6. The van der Waals surface area contributed by atoms with E-state index in [1.165, 1.54) is 6.08 Å². The molecule has 1 N–H and O–H groups in total. The van der Waals surface area contributed by atoms with Gasteiger partial charge in [0.05, 0.1) is 10.7 Å². The maximum atomic E-state index is 12.3. The third kappa shape index (κ3) is 4.32. The minimum absolute atomic E-state index is 0.198. The highest BCUT2D eigenvalue weighted by molar-refractivity contribution is 7.09. The first-order valence-corrected chi connectivity index (χ1v) is 9.57. The van der Waals surface area contributed by atoms with E-state index in [-0.39, 0.29) is 12.7 Å². The van der Waals surface area contributed by atoms with Gasteiger partial charge >= 0.3 is 0 Å². The number of thiazole rings is 1. The highest BCUT2D eigenvalue weighted by Crippen LogP contribution is 2.34. The maximum Gasteiger partial charge on any atom is 0.248 e. The predicted octanol–water partition coefficient (Wildman–Crippen LogP) is 4.41. The average Bonchev–Trinajstić information content (AvgIpc) is 3.33. The summed E-state index contributed by atoms with van der Waals surface area (Å²) in [5.74, 6) is 1.75. The van der Waals surface area contributed by atoms with E-state index in [9.17, 15) is 4.79 Å². The molecule has 0 spiro atoms. The summed E-state index contributed by atoms with van der Waals surface area (Å²) < 4.78 is 16.5. The Hall–Kier alpha value is -3.32. The average molecular weight is 394 g/mol. The summed E-state index contributed by atoms with van der Waals surface area (Å²) in [6, 6.07) is 12.8. The van der Waals surface area contributed by atoms with E-state index >= 15 is 0 Å². The van der Waals surface area contributed by atoms with Crippen LogP contribution in [0, 0.1) is 6.92 Å². The van der Waals surface area contributed by atoms with Crippen LogP contribution in [-0.2, 0) is 11.4 Å². The zero-order valence-corrected chi connectivity index (χ0v) is 16.0. The normalized spacial score (nSPS) is 12.3. The first-order chi connectivity index (χ1) is 13.7. The molecule has 28 heavy (non-hydrogen) atoms. The highest BCUT2D eigenvalue weighted by Gasteiger charge is 2.13. The quantitative estimate of drug-likeness (QED) is 0.627. The molecule has 1 aliphatic rings. The van der Waals surface area contributed by atoms with Crippen molar-refractivity contribution in [1.29, 1.82) is 0 Å². The summed E-state index contributed by atoms with van der Waals surface area (Å²) >= 11 is 1.59. The smallest absolute Gasteiger partial charge is 0.248 e. The van der Waals surface area contributed by atoms with E-state index in [1.54, 1.807) is 35.6 Å². The number of carbonyl (C=O) groups is 1. The molecule has 0 radical (unpaired) electrons. The topological polar surface area (TPSA) is 69.7 Å². The number of ether oxygens (including phenoxy) is 3. The molecule has 7 heteroatoms. The van der Waals surface area contributed by atoms with Crippen molar-refractivity contribution in [3.05, 3.63) is 70.2 Å². The van der Waals surface area contributed by atoms with Gasteiger partial charge in [0, 0.05) is 28.8 Å². The number of nitrogens with zero attached hydrogens (tertiary/aromatic N) is 1. The second-order valence-electron chi connectivity index (χ2n) is 6.07. The fraction of sp³-hybridized carbons (Fsp3) is 0.143. The van der Waals surface area contributed by atoms with Crippen LogP contribution >= 0.6 is 11.3 Å². The number of fused-ring (bicyclic) bond motifs is 1. The summed E-state index contributed by atoms with van der Waals surface area (Å²) in [5.41, 5.74) is 2.35. The molecule has 0 bridgehead atoms. The standard InChI is InChI=1S/C21H18N2O4S/c1-14-22-17(12-28-14)11-25-18-5-3-2-4-15(18)6-9-21(24)23-16-7-8-19-20(10-16)27-13-26-19/h2-10,12H,11,13H2,1H3,(H,23,24)/b9-6+. The van der Waals surface area contributed by atoms with Crippen molar-refractivity contribution < 1.29 is 19.0 Å². The third-order valence-corrected chi connectivity index (χ3v) is 4.84. The van der Waals surface area contributed by atoms with Crippen molar-refractivity contribution in [3.63, 3.8) is 0 Å². The third-order valence-electron chi connectivity index (χ3n) is 4.02. The number of aromatic nitrogens is 1. The molecule has 0 fully saturated rings. The first-order valence-electron chi connectivity index (χ1n) is 8.69. The zero-order chi connectivity index (χ0) is 19.3. The van der Waals surface area contributed by atoms with E-state index in [2.05, 4.69) is 10.3 Å². The van der Waals surface area contributed by atoms with Crippen LogP contribution in [0.1, 0.15) is 16.3 Å². The molecule has 1 aliphatic heterocycles. The predicted molar refractivity (Wildman–Crippen MR) is 108 cm³/mol. The molecule has 3 aromatic rings. The van der Waals surface area contributed by atoms with Crippen LogP contribution in [0.4, 0.5) is 5.69 Å². The van der Waals surface area contributed by atoms with Crippen LogP contribution in [-0.4, -0.2) is 17.7 Å².